The minimum Gasteiger partial charge on any atom is -0.370 e. The van der Waals surface area contributed by atoms with Gasteiger partial charge in [0.15, 0.2) is 12.0 Å². The minimum absolute atomic E-state index is 0.188. The van der Waals surface area contributed by atoms with Gasteiger partial charge in [0.05, 0.1) is 12.1 Å². The Balaban J connectivity index is 2.18. The Labute approximate surface area is 103 Å². The number of hydrogen-bond acceptors (Lipinski definition) is 8. The molecule has 18 heavy (non-hydrogen) atoms. The number of aliphatic hydroxyl groups is 2. The van der Waals surface area contributed by atoms with Crippen LogP contribution in [-0.4, -0.2) is 63.2 Å². The van der Waals surface area contributed by atoms with Crippen LogP contribution in [-0.2, 0) is 0 Å². The standard InChI is InChI=1S/C9H17N7O2/c1-3-5-8(15-6(11)14-5)9(17,18)4(10)2-16(8)7(12)13-3/h3-5,17-18H,2,10H2,1H3,(H2,12,13)(H3,11,14,15)/p+1/t3-,4-,5-,8-/m0/s1. The lowest BCUT2D eigenvalue weighted by Crippen LogP contribution is -2.89. The monoisotopic (exact) mass is 256 g/mol. The Morgan fingerprint density at radius 3 is 2.83 bits per heavy atom. The summed E-state index contributed by atoms with van der Waals surface area (Å²) in [5.41, 5.74) is 16.1. The third kappa shape index (κ3) is 1.02. The van der Waals surface area contributed by atoms with Crippen LogP contribution in [0, 0.1) is 0 Å². The Morgan fingerprint density at radius 2 is 2.17 bits per heavy atom. The van der Waals surface area contributed by atoms with Gasteiger partial charge in [0.2, 0.25) is 5.79 Å². The maximum Gasteiger partial charge on any atom is 0.343 e. The van der Waals surface area contributed by atoms with Crippen LogP contribution in [0.3, 0.4) is 0 Å². The molecule has 0 aliphatic carbocycles. The molecule has 10 N–H and O–H groups in total. The zero-order valence-electron chi connectivity index (χ0n) is 9.96. The predicted molar refractivity (Wildman–Crippen MR) is 62.7 cm³/mol. The molecule has 3 heterocycles. The zero-order chi connectivity index (χ0) is 13.3. The number of guanidine groups is 2. The maximum atomic E-state index is 10.4. The SMILES string of the molecule is C[C@@H]1N=C(N)N2C[C@H](N)C(O)(O)[C@@]23NC(N)=[NH+][C@@H]13. The number of nitrogens with zero attached hydrogens (tertiary/aromatic N) is 2. The third-order valence-corrected chi connectivity index (χ3v) is 4.06. The average Bonchev–Trinajstić information content (AvgIpc) is 2.71. The van der Waals surface area contributed by atoms with Crippen molar-refractivity contribution >= 4 is 11.9 Å². The van der Waals surface area contributed by atoms with Gasteiger partial charge in [0, 0.05) is 6.54 Å². The summed E-state index contributed by atoms with van der Waals surface area (Å²) < 4.78 is 0. The van der Waals surface area contributed by atoms with Crippen molar-refractivity contribution < 1.29 is 15.2 Å². The molecule has 1 spiro atoms. The molecule has 3 aliphatic heterocycles. The topological polar surface area (TPSA) is 160 Å². The first-order valence-electron chi connectivity index (χ1n) is 5.79. The van der Waals surface area contributed by atoms with Crippen molar-refractivity contribution in [3.05, 3.63) is 0 Å². The van der Waals surface area contributed by atoms with Crippen LogP contribution in [0.1, 0.15) is 6.92 Å². The molecular weight excluding hydrogens is 238 g/mol. The maximum absolute atomic E-state index is 10.4. The van der Waals surface area contributed by atoms with Crippen molar-refractivity contribution in [3.63, 3.8) is 0 Å². The van der Waals surface area contributed by atoms with Gasteiger partial charge in [0.25, 0.3) is 5.66 Å². The molecule has 9 nitrogen and oxygen atoms in total. The van der Waals surface area contributed by atoms with Crippen LogP contribution in [0.15, 0.2) is 4.99 Å². The highest BCUT2D eigenvalue weighted by Gasteiger charge is 2.74. The Bertz CT molecular complexity index is 462. The van der Waals surface area contributed by atoms with Gasteiger partial charge in [-0.3, -0.25) is 15.6 Å². The van der Waals surface area contributed by atoms with Gasteiger partial charge in [-0.2, -0.15) is 0 Å². The highest BCUT2D eigenvalue weighted by molar-refractivity contribution is 5.84. The van der Waals surface area contributed by atoms with Crippen molar-refractivity contribution in [1.82, 2.24) is 10.2 Å². The fraction of sp³-hybridized carbons (Fsp3) is 0.778. The molecule has 0 aromatic rings. The summed E-state index contributed by atoms with van der Waals surface area (Å²) in [6.07, 6.45) is 0. The van der Waals surface area contributed by atoms with Crippen LogP contribution < -0.4 is 27.5 Å². The first kappa shape index (κ1) is 11.5. The van der Waals surface area contributed by atoms with Gasteiger partial charge in [0.1, 0.15) is 0 Å². The van der Waals surface area contributed by atoms with E-state index in [-0.39, 0.29) is 24.5 Å². The van der Waals surface area contributed by atoms with Crippen LogP contribution in [0.5, 0.6) is 0 Å². The average molecular weight is 256 g/mol. The number of rotatable bonds is 0. The van der Waals surface area contributed by atoms with Gasteiger partial charge in [-0.15, -0.1) is 0 Å². The van der Waals surface area contributed by atoms with E-state index in [1.165, 1.54) is 0 Å². The largest absolute Gasteiger partial charge is 0.370 e. The van der Waals surface area contributed by atoms with E-state index in [1.807, 2.05) is 6.92 Å². The van der Waals surface area contributed by atoms with E-state index in [0.717, 1.165) is 0 Å². The van der Waals surface area contributed by atoms with E-state index in [4.69, 9.17) is 17.2 Å². The molecule has 4 atom stereocenters. The van der Waals surface area contributed by atoms with Gasteiger partial charge >= 0.3 is 5.96 Å². The summed E-state index contributed by atoms with van der Waals surface area (Å²) in [5, 5.41) is 23.6. The van der Waals surface area contributed by atoms with Crippen LogP contribution >= 0.6 is 0 Å². The molecule has 1 saturated heterocycles. The summed E-state index contributed by atoms with van der Waals surface area (Å²) in [6.45, 7) is 2.01. The van der Waals surface area contributed by atoms with Crippen LogP contribution in [0.25, 0.3) is 0 Å². The molecule has 0 unspecified atom stereocenters. The van der Waals surface area contributed by atoms with Crippen molar-refractivity contribution in [2.75, 3.05) is 6.54 Å². The number of aliphatic imine (C=N–C) groups is 1. The number of nitrogens with two attached hydrogens (primary N) is 3. The fourth-order valence-electron chi connectivity index (χ4n) is 3.19. The van der Waals surface area contributed by atoms with Crippen LogP contribution in [0.2, 0.25) is 0 Å². The Kier molecular flexibility index (Phi) is 1.95. The summed E-state index contributed by atoms with van der Waals surface area (Å²) >= 11 is 0. The van der Waals surface area contributed by atoms with Crippen molar-refractivity contribution in [1.29, 1.82) is 0 Å². The van der Waals surface area contributed by atoms with Gasteiger partial charge in [-0.1, -0.05) is 0 Å². The van der Waals surface area contributed by atoms with Gasteiger partial charge < -0.3 is 21.7 Å². The van der Waals surface area contributed by atoms with Crippen molar-refractivity contribution in [2.24, 2.45) is 22.2 Å². The molecule has 0 amide bonds. The van der Waals surface area contributed by atoms with E-state index in [1.54, 1.807) is 4.90 Å². The molecular formula is C9H18N7O2+. The quantitative estimate of drug-likeness (QED) is 0.212. The molecule has 3 rings (SSSR count). The lowest BCUT2D eigenvalue weighted by Gasteiger charge is -2.45. The van der Waals surface area contributed by atoms with E-state index in [0.29, 0.717) is 0 Å². The summed E-state index contributed by atoms with van der Waals surface area (Å²) in [5.74, 6) is -1.69. The van der Waals surface area contributed by atoms with E-state index in [2.05, 4.69) is 15.3 Å². The minimum atomic E-state index is -2.17. The first-order chi connectivity index (χ1) is 8.30. The van der Waals surface area contributed by atoms with Crippen molar-refractivity contribution in [2.45, 2.75) is 36.5 Å². The van der Waals surface area contributed by atoms with E-state index >= 15 is 0 Å². The molecule has 100 valence electrons. The zero-order valence-corrected chi connectivity index (χ0v) is 9.96. The fourth-order valence-corrected chi connectivity index (χ4v) is 3.19. The second-order valence-corrected chi connectivity index (χ2v) is 5.10. The first-order valence-corrected chi connectivity index (χ1v) is 5.79. The molecule has 0 bridgehead atoms. The lowest BCUT2D eigenvalue weighted by atomic mass is 9.86. The highest BCUT2D eigenvalue weighted by Crippen LogP contribution is 2.39. The van der Waals surface area contributed by atoms with Crippen molar-refractivity contribution in [3.8, 4) is 0 Å². The lowest BCUT2D eigenvalue weighted by molar-refractivity contribution is -0.521. The smallest absolute Gasteiger partial charge is 0.343 e. The highest BCUT2D eigenvalue weighted by atomic mass is 16.5. The number of nitrogens with one attached hydrogen (secondary N) is 2. The van der Waals surface area contributed by atoms with E-state index in [9.17, 15) is 10.2 Å². The molecule has 0 aromatic carbocycles. The molecule has 0 radical (unpaired) electrons. The summed E-state index contributed by atoms with van der Waals surface area (Å²) in [7, 11) is 0. The molecule has 0 aromatic heterocycles. The second-order valence-electron chi connectivity index (χ2n) is 5.10. The van der Waals surface area contributed by atoms with E-state index < -0.39 is 23.5 Å². The molecule has 0 saturated carbocycles. The molecule has 3 aliphatic rings. The summed E-state index contributed by atoms with van der Waals surface area (Å²) in [6, 6.07) is -1.56. The Hall–Kier alpha value is -1.58. The number of hydrogen-bond donors (Lipinski definition) is 7. The van der Waals surface area contributed by atoms with Gasteiger partial charge in [-0.05, 0) is 6.92 Å². The van der Waals surface area contributed by atoms with Gasteiger partial charge in [-0.25, -0.2) is 10.3 Å². The Morgan fingerprint density at radius 1 is 1.50 bits per heavy atom. The predicted octanol–water partition coefficient (Wildman–Crippen LogP) is -5.91. The summed E-state index contributed by atoms with van der Waals surface area (Å²) in [4.78, 5) is 8.80. The molecule has 9 heteroatoms. The second kappa shape index (κ2) is 3.05. The molecule has 1 fully saturated rings. The van der Waals surface area contributed by atoms with Crippen LogP contribution in [0.4, 0.5) is 0 Å². The normalized spacial score (nSPS) is 44.9. The third-order valence-electron chi connectivity index (χ3n) is 4.06.